The van der Waals surface area contributed by atoms with Crippen molar-refractivity contribution in [2.24, 2.45) is 5.92 Å². The normalized spacial score (nSPS) is 29.6. The van der Waals surface area contributed by atoms with Gasteiger partial charge in [-0.2, -0.15) is 0 Å². The van der Waals surface area contributed by atoms with E-state index in [1.54, 1.807) is 4.90 Å². The van der Waals surface area contributed by atoms with Crippen LogP contribution in [0.2, 0.25) is 0 Å². The number of carbonyl (C=O) groups excluding carboxylic acids is 2. The Morgan fingerprint density at radius 3 is 2.83 bits per heavy atom. The predicted molar refractivity (Wildman–Crippen MR) is 66.9 cm³/mol. The van der Waals surface area contributed by atoms with E-state index in [0.29, 0.717) is 19.5 Å². The van der Waals surface area contributed by atoms with E-state index in [4.69, 9.17) is 4.74 Å². The van der Waals surface area contributed by atoms with E-state index in [1.165, 1.54) is 0 Å². The fourth-order valence-electron chi connectivity index (χ4n) is 2.52. The molecule has 2 saturated heterocycles. The van der Waals surface area contributed by atoms with Gasteiger partial charge >= 0.3 is 0 Å². The number of carbonyl (C=O) groups is 2. The van der Waals surface area contributed by atoms with Crippen LogP contribution < -0.4 is 5.32 Å². The van der Waals surface area contributed by atoms with Crippen LogP contribution in [0.15, 0.2) is 0 Å². The van der Waals surface area contributed by atoms with E-state index in [-0.39, 0.29) is 29.9 Å². The van der Waals surface area contributed by atoms with Gasteiger partial charge in [0.2, 0.25) is 11.8 Å². The van der Waals surface area contributed by atoms with Crippen LogP contribution in [-0.4, -0.2) is 48.6 Å². The first-order chi connectivity index (χ1) is 8.58. The van der Waals surface area contributed by atoms with Crippen molar-refractivity contribution in [2.45, 2.75) is 45.3 Å². The molecule has 2 rings (SSSR count). The first kappa shape index (κ1) is 13.3. The van der Waals surface area contributed by atoms with Crippen LogP contribution in [0.3, 0.4) is 0 Å². The second kappa shape index (κ2) is 5.69. The Balaban J connectivity index is 2.03. The van der Waals surface area contributed by atoms with Crippen molar-refractivity contribution in [1.29, 1.82) is 0 Å². The van der Waals surface area contributed by atoms with Crippen molar-refractivity contribution in [3.8, 4) is 0 Å². The molecule has 0 aromatic heterocycles. The van der Waals surface area contributed by atoms with E-state index >= 15 is 0 Å². The summed E-state index contributed by atoms with van der Waals surface area (Å²) in [6.07, 6.45) is 2.62. The van der Waals surface area contributed by atoms with Gasteiger partial charge in [0.15, 0.2) is 0 Å². The van der Waals surface area contributed by atoms with Crippen molar-refractivity contribution in [3.05, 3.63) is 0 Å². The highest BCUT2D eigenvalue weighted by atomic mass is 16.5. The molecule has 5 nitrogen and oxygen atoms in total. The molecule has 2 atom stereocenters. The lowest BCUT2D eigenvalue weighted by molar-refractivity contribution is -0.136. The molecule has 18 heavy (non-hydrogen) atoms. The van der Waals surface area contributed by atoms with Gasteiger partial charge in [0.25, 0.3) is 0 Å². The fourth-order valence-corrected chi connectivity index (χ4v) is 2.52. The average Bonchev–Trinajstić information content (AvgIpc) is 2.78. The van der Waals surface area contributed by atoms with Gasteiger partial charge in [-0.3, -0.25) is 9.59 Å². The second-order valence-corrected chi connectivity index (χ2v) is 5.46. The molecule has 2 aliphatic heterocycles. The Hall–Kier alpha value is -1.10. The monoisotopic (exact) mass is 254 g/mol. The second-order valence-electron chi connectivity index (χ2n) is 5.46. The molecule has 0 aliphatic carbocycles. The Bertz CT molecular complexity index is 324. The zero-order valence-corrected chi connectivity index (χ0v) is 11.1. The molecule has 0 aromatic carbocycles. The molecule has 102 valence electrons. The van der Waals surface area contributed by atoms with E-state index in [0.717, 1.165) is 19.4 Å². The molecule has 0 bridgehead atoms. The highest BCUT2D eigenvalue weighted by Crippen LogP contribution is 2.17. The minimum absolute atomic E-state index is 0.0307. The van der Waals surface area contributed by atoms with Crippen LogP contribution in [-0.2, 0) is 14.3 Å². The van der Waals surface area contributed by atoms with Crippen molar-refractivity contribution in [2.75, 3.05) is 19.7 Å². The van der Waals surface area contributed by atoms with E-state index in [1.807, 2.05) is 13.8 Å². The summed E-state index contributed by atoms with van der Waals surface area (Å²) in [5.41, 5.74) is 0. The highest BCUT2D eigenvalue weighted by molar-refractivity contribution is 5.90. The van der Waals surface area contributed by atoms with Crippen molar-refractivity contribution in [3.63, 3.8) is 0 Å². The van der Waals surface area contributed by atoms with E-state index in [9.17, 15) is 9.59 Å². The Kier molecular flexibility index (Phi) is 4.22. The molecular formula is C13H22N2O3. The number of amides is 2. The molecule has 2 heterocycles. The van der Waals surface area contributed by atoms with Crippen LogP contribution in [0.1, 0.15) is 33.1 Å². The van der Waals surface area contributed by atoms with Gasteiger partial charge in [0, 0.05) is 26.1 Å². The molecule has 0 spiro atoms. The van der Waals surface area contributed by atoms with Gasteiger partial charge in [0.05, 0.1) is 6.10 Å². The summed E-state index contributed by atoms with van der Waals surface area (Å²) in [4.78, 5) is 25.8. The SMILES string of the molecule is CC(C)C1NC(=O)CCN(CC2CCCO2)C1=O. The number of rotatable bonds is 3. The molecule has 2 aliphatic rings. The van der Waals surface area contributed by atoms with Crippen LogP contribution in [0.25, 0.3) is 0 Å². The summed E-state index contributed by atoms with van der Waals surface area (Å²) in [6, 6.07) is -0.388. The van der Waals surface area contributed by atoms with Gasteiger partial charge in [-0.15, -0.1) is 0 Å². The molecule has 2 unspecified atom stereocenters. The summed E-state index contributed by atoms with van der Waals surface area (Å²) in [5.74, 6) is 0.120. The largest absolute Gasteiger partial charge is 0.376 e. The summed E-state index contributed by atoms with van der Waals surface area (Å²) in [5, 5.41) is 2.81. The molecule has 2 fully saturated rings. The fraction of sp³-hybridized carbons (Fsp3) is 0.846. The number of nitrogens with zero attached hydrogens (tertiary/aromatic N) is 1. The number of hydrogen-bond donors (Lipinski definition) is 1. The maximum Gasteiger partial charge on any atom is 0.245 e. The maximum atomic E-state index is 12.4. The first-order valence-corrected chi connectivity index (χ1v) is 6.77. The number of nitrogens with one attached hydrogen (secondary N) is 1. The highest BCUT2D eigenvalue weighted by Gasteiger charge is 2.33. The van der Waals surface area contributed by atoms with Gasteiger partial charge < -0.3 is 15.0 Å². The van der Waals surface area contributed by atoms with Gasteiger partial charge in [0.1, 0.15) is 6.04 Å². The molecule has 1 N–H and O–H groups in total. The molecule has 5 heteroatoms. The first-order valence-electron chi connectivity index (χ1n) is 6.77. The molecular weight excluding hydrogens is 232 g/mol. The summed E-state index contributed by atoms with van der Waals surface area (Å²) in [6.45, 7) is 5.83. The van der Waals surface area contributed by atoms with Gasteiger partial charge in [-0.25, -0.2) is 0 Å². The minimum atomic E-state index is -0.388. The van der Waals surface area contributed by atoms with E-state index in [2.05, 4.69) is 5.32 Å². The van der Waals surface area contributed by atoms with Crippen LogP contribution in [0.4, 0.5) is 0 Å². The summed E-state index contributed by atoms with van der Waals surface area (Å²) < 4.78 is 5.57. The lowest BCUT2D eigenvalue weighted by atomic mass is 10.0. The van der Waals surface area contributed by atoms with Crippen molar-refractivity contribution < 1.29 is 14.3 Å². The summed E-state index contributed by atoms with van der Waals surface area (Å²) >= 11 is 0. The smallest absolute Gasteiger partial charge is 0.245 e. The summed E-state index contributed by atoms with van der Waals surface area (Å²) in [7, 11) is 0. The van der Waals surface area contributed by atoms with Crippen molar-refractivity contribution >= 4 is 11.8 Å². The Morgan fingerprint density at radius 2 is 2.22 bits per heavy atom. The van der Waals surface area contributed by atoms with Crippen LogP contribution in [0, 0.1) is 5.92 Å². The zero-order valence-electron chi connectivity index (χ0n) is 11.1. The molecule has 0 aromatic rings. The number of hydrogen-bond acceptors (Lipinski definition) is 3. The number of ether oxygens (including phenoxy) is 1. The lowest BCUT2D eigenvalue weighted by Crippen LogP contribution is -2.49. The third-order valence-electron chi connectivity index (χ3n) is 3.62. The third-order valence-corrected chi connectivity index (χ3v) is 3.62. The van der Waals surface area contributed by atoms with Crippen LogP contribution >= 0.6 is 0 Å². The average molecular weight is 254 g/mol. The third kappa shape index (κ3) is 3.02. The molecule has 2 amide bonds. The van der Waals surface area contributed by atoms with Crippen molar-refractivity contribution in [1.82, 2.24) is 10.2 Å². The lowest BCUT2D eigenvalue weighted by Gasteiger charge is -2.27. The maximum absolute atomic E-state index is 12.4. The molecule has 0 radical (unpaired) electrons. The standard InChI is InChI=1S/C13H22N2O3/c1-9(2)12-13(17)15(6-5-11(16)14-12)8-10-4-3-7-18-10/h9-10,12H,3-8H2,1-2H3,(H,14,16). The predicted octanol–water partition coefficient (Wildman–Crippen LogP) is 0.538. The minimum Gasteiger partial charge on any atom is -0.376 e. The Labute approximate surface area is 108 Å². The van der Waals surface area contributed by atoms with Gasteiger partial charge in [-0.1, -0.05) is 13.8 Å². The quantitative estimate of drug-likeness (QED) is 0.799. The van der Waals surface area contributed by atoms with Crippen LogP contribution in [0.5, 0.6) is 0 Å². The van der Waals surface area contributed by atoms with Gasteiger partial charge in [-0.05, 0) is 18.8 Å². The Morgan fingerprint density at radius 1 is 1.44 bits per heavy atom. The topological polar surface area (TPSA) is 58.6 Å². The van der Waals surface area contributed by atoms with E-state index < -0.39 is 0 Å². The zero-order chi connectivity index (χ0) is 13.1. The molecule has 0 saturated carbocycles.